The zero-order valence-corrected chi connectivity index (χ0v) is 11.9. The van der Waals surface area contributed by atoms with Gasteiger partial charge in [-0.15, -0.1) is 0 Å². The fraction of sp³-hybridized carbons (Fsp3) is 0.562. The van der Waals surface area contributed by atoms with Gasteiger partial charge in [-0.05, 0) is 37.3 Å². The van der Waals surface area contributed by atoms with E-state index in [1.807, 2.05) is 12.1 Å². The standard InChI is InChI=1S/C16H22N2O2/c1-20-14-7-6-13(9-14)18-16(19)12-8-11-4-2-3-5-15(11)17-10-12/h2-5,12-14,17H,6-10H2,1H3,(H,18,19). The second kappa shape index (κ2) is 5.83. The molecule has 3 atom stereocenters. The largest absolute Gasteiger partial charge is 0.384 e. The van der Waals surface area contributed by atoms with Crippen LogP contribution in [0, 0.1) is 5.92 Å². The smallest absolute Gasteiger partial charge is 0.225 e. The minimum Gasteiger partial charge on any atom is -0.384 e. The molecule has 0 saturated heterocycles. The van der Waals surface area contributed by atoms with Crippen molar-refractivity contribution in [3.05, 3.63) is 29.8 Å². The Bertz CT molecular complexity index is 489. The van der Waals surface area contributed by atoms with Crippen molar-refractivity contribution in [3.8, 4) is 0 Å². The van der Waals surface area contributed by atoms with Gasteiger partial charge < -0.3 is 15.4 Å². The molecule has 1 saturated carbocycles. The summed E-state index contributed by atoms with van der Waals surface area (Å²) in [4.78, 5) is 12.4. The highest BCUT2D eigenvalue weighted by molar-refractivity contribution is 5.81. The van der Waals surface area contributed by atoms with Gasteiger partial charge in [-0.3, -0.25) is 4.79 Å². The van der Waals surface area contributed by atoms with E-state index in [0.29, 0.717) is 6.10 Å². The van der Waals surface area contributed by atoms with Crippen molar-refractivity contribution in [1.82, 2.24) is 5.32 Å². The number of hydrogen-bond donors (Lipinski definition) is 2. The lowest BCUT2D eigenvalue weighted by Gasteiger charge is -2.26. The molecule has 2 aliphatic rings. The lowest BCUT2D eigenvalue weighted by molar-refractivity contribution is -0.125. The number of hydrogen-bond acceptors (Lipinski definition) is 3. The number of amides is 1. The first kappa shape index (κ1) is 13.4. The summed E-state index contributed by atoms with van der Waals surface area (Å²) in [6.45, 7) is 0.725. The summed E-state index contributed by atoms with van der Waals surface area (Å²) < 4.78 is 5.35. The zero-order chi connectivity index (χ0) is 13.9. The highest BCUT2D eigenvalue weighted by atomic mass is 16.5. The Kier molecular flexibility index (Phi) is 3.92. The van der Waals surface area contributed by atoms with Crippen LogP contribution in [0.5, 0.6) is 0 Å². The third-order valence-electron chi connectivity index (χ3n) is 4.46. The Hall–Kier alpha value is -1.55. The molecule has 0 aromatic heterocycles. The molecule has 108 valence electrons. The van der Waals surface area contributed by atoms with Crippen molar-refractivity contribution in [2.75, 3.05) is 19.0 Å². The van der Waals surface area contributed by atoms with E-state index in [1.54, 1.807) is 7.11 Å². The fourth-order valence-corrected chi connectivity index (χ4v) is 3.23. The van der Waals surface area contributed by atoms with Crippen molar-refractivity contribution in [3.63, 3.8) is 0 Å². The minimum atomic E-state index is 0.0338. The summed E-state index contributed by atoms with van der Waals surface area (Å²) in [7, 11) is 1.75. The Morgan fingerprint density at radius 1 is 1.35 bits per heavy atom. The number of fused-ring (bicyclic) bond motifs is 1. The number of rotatable bonds is 3. The highest BCUT2D eigenvalue weighted by Crippen LogP contribution is 2.26. The molecule has 3 unspecified atom stereocenters. The average Bonchev–Trinajstić information content (AvgIpc) is 2.94. The molecular formula is C16H22N2O2. The summed E-state index contributed by atoms with van der Waals surface area (Å²) in [6.07, 6.45) is 4.16. The van der Waals surface area contributed by atoms with Crippen molar-refractivity contribution in [2.45, 2.75) is 37.8 Å². The predicted octanol–water partition coefficient (Wildman–Crippen LogP) is 1.95. The third-order valence-corrected chi connectivity index (χ3v) is 4.46. The van der Waals surface area contributed by atoms with Gasteiger partial charge in [0.05, 0.1) is 12.0 Å². The Balaban J connectivity index is 1.57. The van der Waals surface area contributed by atoms with Gasteiger partial charge in [0, 0.05) is 25.4 Å². The molecule has 0 radical (unpaired) electrons. The van der Waals surface area contributed by atoms with Gasteiger partial charge in [-0.1, -0.05) is 18.2 Å². The van der Waals surface area contributed by atoms with E-state index in [0.717, 1.165) is 37.9 Å². The first-order chi connectivity index (χ1) is 9.76. The maximum atomic E-state index is 12.4. The lowest BCUT2D eigenvalue weighted by Crippen LogP contribution is -2.42. The van der Waals surface area contributed by atoms with Crippen molar-refractivity contribution >= 4 is 11.6 Å². The molecule has 1 heterocycles. The van der Waals surface area contributed by atoms with E-state index >= 15 is 0 Å². The molecule has 1 aliphatic carbocycles. The number of benzene rings is 1. The summed E-state index contributed by atoms with van der Waals surface area (Å²) in [5.41, 5.74) is 2.40. The molecule has 20 heavy (non-hydrogen) atoms. The van der Waals surface area contributed by atoms with Crippen LogP contribution in [0.4, 0.5) is 5.69 Å². The van der Waals surface area contributed by atoms with Crippen LogP contribution in [-0.2, 0) is 16.0 Å². The predicted molar refractivity (Wildman–Crippen MR) is 78.7 cm³/mol. The summed E-state index contributed by atoms with van der Waals surface area (Å²) >= 11 is 0. The molecule has 3 rings (SSSR count). The first-order valence-electron chi connectivity index (χ1n) is 7.41. The van der Waals surface area contributed by atoms with E-state index in [1.165, 1.54) is 5.56 Å². The third kappa shape index (κ3) is 2.80. The summed E-state index contributed by atoms with van der Waals surface area (Å²) in [6, 6.07) is 8.50. The van der Waals surface area contributed by atoms with Crippen LogP contribution in [0.3, 0.4) is 0 Å². The van der Waals surface area contributed by atoms with Crippen LogP contribution in [-0.4, -0.2) is 31.7 Å². The molecule has 1 aliphatic heterocycles. The molecule has 0 spiro atoms. The molecule has 1 amide bonds. The van der Waals surface area contributed by atoms with E-state index in [2.05, 4.69) is 22.8 Å². The summed E-state index contributed by atoms with van der Waals surface area (Å²) in [5, 5.41) is 6.54. The average molecular weight is 274 g/mol. The van der Waals surface area contributed by atoms with Gasteiger partial charge in [0.15, 0.2) is 0 Å². The van der Waals surface area contributed by atoms with E-state index in [4.69, 9.17) is 4.74 Å². The number of nitrogens with one attached hydrogen (secondary N) is 2. The van der Waals surface area contributed by atoms with Crippen LogP contribution in [0.1, 0.15) is 24.8 Å². The van der Waals surface area contributed by atoms with Gasteiger partial charge in [0.2, 0.25) is 5.91 Å². The topological polar surface area (TPSA) is 50.4 Å². The Morgan fingerprint density at radius 3 is 3.00 bits per heavy atom. The van der Waals surface area contributed by atoms with Gasteiger partial charge in [0.25, 0.3) is 0 Å². The van der Waals surface area contributed by atoms with Gasteiger partial charge in [-0.25, -0.2) is 0 Å². The second-order valence-corrected chi connectivity index (χ2v) is 5.82. The minimum absolute atomic E-state index is 0.0338. The van der Waals surface area contributed by atoms with Crippen molar-refractivity contribution in [2.24, 2.45) is 5.92 Å². The maximum absolute atomic E-state index is 12.4. The van der Waals surface area contributed by atoms with Crippen LogP contribution in [0.15, 0.2) is 24.3 Å². The van der Waals surface area contributed by atoms with Gasteiger partial charge >= 0.3 is 0 Å². The molecule has 4 heteroatoms. The monoisotopic (exact) mass is 274 g/mol. The molecule has 1 aromatic rings. The van der Waals surface area contributed by atoms with E-state index in [-0.39, 0.29) is 17.9 Å². The van der Waals surface area contributed by atoms with Gasteiger partial charge in [0.1, 0.15) is 0 Å². The number of carbonyl (C=O) groups excluding carboxylic acids is 1. The van der Waals surface area contributed by atoms with Crippen LogP contribution in [0.25, 0.3) is 0 Å². The molecule has 4 nitrogen and oxygen atoms in total. The van der Waals surface area contributed by atoms with Crippen molar-refractivity contribution in [1.29, 1.82) is 0 Å². The van der Waals surface area contributed by atoms with Crippen LogP contribution in [0.2, 0.25) is 0 Å². The Labute approximate surface area is 119 Å². The molecular weight excluding hydrogens is 252 g/mol. The molecule has 0 bridgehead atoms. The zero-order valence-electron chi connectivity index (χ0n) is 11.9. The number of methoxy groups -OCH3 is 1. The maximum Gasteiger partial charge on any atom is 0.225 e. The van der Waals surface area contributed by atoms with E-state index < -0.39 is 0 Å². The highest BCUT2D eigenvalue weighted by Gasteiger charge is 2.29. The normalized spacial score (nSPS) is 28.6. The quantitative estimate of drug-likeness (QED) is 0.886. The molecule has 1 fully saturated rings. The number of para-hydroxylation sites is 1. The van der Waals surface area contributed by atoms with E-state index in [9.17, 15) is 4.79 Å². The van der Waals surface area contributed by atoms with Gasteiger partial charge in [-0.2, -0.15) is 0 Å². The first-order valence-corrected chi connectivity index (χ1v) is 7.41. The van der Waals surface area contributed by atoms with Crippen LogP contribution >= 0.6 is 0 Å². The number of carbonyl (C=O) groups is 1. The summed E-state index contributed by atoms with van der Waals surface area (Å²) in [5.74, 6) is 0.209. The van der Waals surface area contributed by atoms with Crippen LogP contribution < -0.4 is 10.6 Å². The lowest BCUT2D eigenvalue weighted by atomic mass is 9.93. The van der Waals surface area contributed by atoms with Crippen molar-refractivity contribution < 1.29 is 9.53 Å². The number of anilines is 1. The molecule has 1 aromatic carbocycles. The SMILES string of the molecule is COC1CCC(NC(=O)C2CNc3ccccc3C2)C1. The molecule has 2 N–H and O–H groups in total. The Morgan fingerprint density at radius 2 is 2.20 bits per heavy atom. The second-order valence-electron chi connectivity index (χ2n) is 5.82. The fourth-order valence-electron chi connectivity index (χ4n) is 3.23. The number of ether oxygens (including phenoxy) is 1.